The zero-order valence-electron chi connectivity index (χ0n) is 25.5. The number of hydrogen-bond acceptors (Lipinski definition) is 4. The largest absolute Gasteiger partial charge is 0.573 e. The summed E-state index contributed by atoms with van der Waals surface area (Å²) in [7, 11) is 1.96. The third kappa shape index (κ3) is 9.27. The van der Waals surface area contributed by atoms with Gasteiger partial charge in [-0.25, -0.2) is 0 Å². The van der Waals surface area contributed by atoms with E-state index in [4.69, 9.17) is 0 Å². The molecule has 1 aliphatic heterocycles. The number of hydrogen-bond donors (Lipinski definition) is 0. The fourth-order valence-electron chi connectivity index (χ4n) is 6.16. The smallest absolute Gasteiger partial charge is 0.406 e. The fourth-order valence-corrected chi connectivity index (χ4v) is 6.16. The number of benzene rings is 2. The maximum absolute atomic E-state index is 13.5. The second kappa shape index (κ2) is 13.9. The molecule has 1 fully saturated rings. The summed E-state index contributed by atoms with van der Waals surface area (Å²) in [6.45, 7) is 6.53. The van der Waals surface area contributed by atoms with Crippen molar-refractivity contribution in [1.29, 1.82) is 0 Å². The Labute approximate surface area is 253 Å². The topological polar surface area (TPSA) is 46.6 Å². The lowest BCUT2D eigenvalue weighted by atomic mass is 9.76. The molecule has 1 saturated heterocycles. The fraction of sp³-hybridized carbons (Fsp3) is 0.444. The van der Waals surface area contributed by atoms with E-state index >= 15 is 0 Å². The van der Waals surface area contributed by atoms with E-state index in [1.54, 1.807) is 12.1 Å². The molecule has 1 heterocycles. The lowest BCUT2D eigenvalue weighted by molar-refractivity contribution is -0.274. The van der Waals surface area contributed by atoms with Gasteiger partial charge in [0.1, 0.15) is 11.5 Å². The third-order valence-corrected chi connectivity index (χ3v) is 8.42. The van der Waals surface area contributed by atoms with E-state index in [0.717, 1.165) is 36.0 Å². The zero-order valence-corrected chi connectivity index (χ0v) is 25.5. The highest BCUT2D eigenvalue weighted by Gasteiger charge is 2.41. The number of aryl methyl sites for hydroxylation is 1. The van der Waals surface area contributed by atoms with Gasteiger partial charge in [-0.1, -0.05) is 87.5 Å². The molecular formula is C36H42F3NO3. The lowest BCUT2D eigenvalue weighted by Crippen LogP contribution is -2.50. The minimum absolute atomic E-state index is 0.0126. The van der Waals surface area contributed by atoms with Crippen molar-refractivity contribution in [2.24, 2.45) is 5.92 Å². The second-order valence-corrected chi connectivity index (χ2v) is 12.7. The predicted octanol–water partition coefficient (Wildman–Crippen LogP) is 8.63. The van der Waals surface area contributed by atoms with Gasteiger partial charge in [-0.2, -0.15) is 0 Å². The van der Waals surface area contributed by atoms with Gasteiger partial charge in [0.25, 0.3) is 0 Å². The van der Waals surface area contributed by atoms with Crippen LogP contribution in [0.4, 0.5) is 13.2 Å². The molecule has 43 heavy (non-hydrogen) atoms. The van der Waals surface area contributed by atoms with Crippen LogP contribution in [0, 0.1) is 5.92 Å². The molecule has 0 aromatic heterocycles. The second-order valence-electron chi connectivity index (χ2n) is 12.7. The van der Waals surface area contributed by atoms with Crippen LogP contribution in [-0.4, -0.2) is 35.9 Å². The third-order valence-electron chi connectivity index (χ3n) is 8.42. The summed E-state index contributed by atoms with van der Waals surface area (Å²) in [6.07, 6.45) is 9.15. The van der Waals surface area contributed by atoms with Gasteiger partial charge in [-0.05, 0) is 78.5 Å². The quantitative estimate of drug-likeness (QED) is 0.277. The Morgan fingerprint density at radius 2 is 1.70 bits per heavy atom. The van der Waals surface area contributed by atoms with E-state index in [1.807, 2.05) is 31.4 Å². The molecule has 7 heteroatoms. The number of allylic oxidation sites excluding steroid dienone is 6. The molecule has 1 unspecified atom stereocenters. The molecule has 0 amide bonds. The van der Waals surface area contributed by atoms with E-state index < -0.39 is 12.4 Å². The maximum atomic E-state index is 13.5. The van der Waals surface area contributed by atoms with Gasteiger partial charge in [0.15, 0.2) is 5.78 Å². The lowest BCUT2D eigenvalue weighted by Gasteiger charge is -2.44. The van der Waals surface area contributed by atoms with Gasteiger partial charge in [-0.15, -0.1) is 13.2 Å². The first-order valence-corrected chi connectivity index (χ1v) is 15.0. The first-order valence-electron chi connectivity index (χ1n) is 15.0. The number of nitrogens with zero attached hydrogens (tertiary/aromatic N) is 1. The monoisotopic (exact) mass is 593 g/mol. The number of carbonyl (C=O) groups excluding carboxylic acids is 2. The Kier molecular flexibility index (Phi) is 10.5. The molecule has 3 atom stereocenters. The molecule has 0 spiro atoms. The van der Waals surface area contributed by atoms with E-state index in [1.165, 1.54) is 17.7 Å². The average Bonchev–Trinajstić information content (AvgIpc) is 3.19. The number of rotatable bonds is 10. The van der Waals surface area contributed by atoms with Crippen LogP contribution in [0.2, 0.25) is 0 Å². The van der Waals surface area contributed by atoms with Crippen LogP contribution in [0.3, 0.4) is 0 Å². The molecule has 2 aromatic carbocycles. The van der Waals surface area contributed by atoms with Gasteiger partial charge < -0.3 is 4.74 Å². The predicted molar refractivity (Wildman–Crippen MR) is 164 cm³/mol. The first kappa shape index (κ1) is 32.5. The van der Waals surface area contributed by atoms with Crippen molar-refractivity contribution >= 4 is 11.6 Å². The van der Waals surface area contributed by atoms with Crippen LogP contribution < -0.4 is 4.74 Å². The maximum Gasteiger partial charge on any atom is 0.573 e. The van der Waals surface area contributed by atoms with Crippen molar-refractivity contribution in [2.45, 2.75) is 89.6 Å². The molecule has 0 N–H and O–H groups in total. The standard InChI is InChI=1S/C36H42F3NO3/c1-35(2,3)29-18-16-27(17-19-29)34-28(13-9-12-25-14-20-31(21-15-25)43-36(37,38)39)23-33(42)32(40(34)4)24-30(41)22-26-10-7-5-6-8-11-26/h5-7,10-11,14-21,28,32,34H,8-9,12-13,22-24H2,1-4H3/t28?,32-,34-/m0/s1. The molecule has 4 nitrogen and oxygen atoms in total. The molecule has 0 radical (unpaired) electrons. The summed E-state index contributed by atoms with van der Waals surface area (Å²) >= 11 is 0. The Morgan fingerprint density at radius 1 is 1.00 bits per heavy atom. The number of ether oxygens (including phenoxy) is 1. The molecule has 4 rings (SSSR count). The molecular weight excluding hydrogens is 551 g/mol. The first-order chi connectivity index (χ1) is 20.3. The number of piperidine rings is 1. The molecule has 2 aliphatic rings. The molecule has 1 aliphatic carbocycles. The summed E-state index contributed by atoms with van der Waals surface area (Å²) < 4.78 is 41.5. The van der Waals surface area contributed by atoms with Crippen LogP contribution in [-0.2, 0) is 21.4 Å². The number of ketones is 2. The average molecular weight is 594 g/mol. The van der Waals surface area contributed by atoms with Crippen molar-refractivity contribution in [3.8, 4) is 5.75 Å². The highest BCUT2D eigenvalue weighted by molar-refractivity contribution is 5.92. The molecule has 2 aromatic rings. The van der Waals surface area contributed by atoms with Crippen LogP contribution in [0.15, 0.2) is 84.5 Å². The zero-order chi connectivity index (χ0) is 31.2. The van der Waals surface area contributed by atoms with Gasteiger partial charge in [-0.3, -0.25) is 14.5 Å². The van der Waals surface area contributed by atoms with Gasteiger partial charge >= 0.3 is 6.36 Å². The van der Waals surface area contributed by atoms with Gasteiger partial charge in [0, 0.05) is 25.3 Å². The summed E-state index contributed by atoms with van der Waals surface area (Å²) in [5.41, 5.74) is 4.26. The number of carbonyl (C=O) groups is 2. The minimum Gasteiger partial charge on any atom is -0.406 e. The normalized spacial score (nSPS) is 21.4. The Balaban J connectivity index is 1.48. The molecule has 0 saturated carbocycles. The van der Waals surface area contributed by atoms with Gasteiger partial charge in [0.05, 0.1) is 6.04 Å². The minimum atomic E-state index is -4.72. The van der Waals surface area contributed by atoms with Crippen molar-refractivity contribution < 1.29 is 27.5 Å². The van der Waals surface area contributed by atoms with E-state index in [0.29, 0.717) is 19.3 Å². The van der Waals surface area contributed by atoms with Crippen LogP contribution in [0.1, 0.15) is 82.0 Å². The summed E-state index contributed by atoms with van der Waals surface area (Å²) in [4.78, 5) is 28.8. The molecule has 230 valence electrons. The summed E-state index contributed by atoms with van der Waals surface area (Å²) in [6, 6.07) is 14.1. The van der Waals surface area contributed by atoms with Crippen LogP contribution in [0.25, 0.3) is 0 Å². The summed E-state index contributed by atoms with van der Waals surface area (Å²) in [5.74, 6) is -0.0424. The van der Waals surface area contributed by atoms with Crippen molar-refractivity contribution in [2.75, 3.05) is 7.05 Å². The molecule has 0 bridgehead atoms. The van der Waals surface area contributed by atoms with Crippen molar-refractivity contribution in [1.82, 2.24) is 4.90 Å². The summed E-state index contributed by atoms with van der Waals surface area (Å²) in [5, 5.41) is 0. The van der Waals surface area contributed by atoms with Crippen molar-refractivity contribution in [3.63, 3.8) is 0 Å². The number of likely N-dealkylation sites (tertiary alicyclic amines) is 1. The van der Waals surface area contributed by atoms with Gasteiger partial charge in [0.2, 0.25) is 0 Å². The Hall–Kier alpha value is -3.45. The van der Waals surface area contributed by atoms with Crippen LogP contribution in [0.5, 0.6) is 5.75 Å². The highest BCUT2D eigenvalue weighted by Crippen LogP contribution is 2.41. The Morgan fingerprint density at radius 3 is 2.35 bits per heavy atom. The SMILES string of the molecule is CN1[C@@H](CC(=O)CC2=CCC=CC=C2)C(=O)CC(CCCc2ccc(OC(F)(F)F)cc2)[C@@H]1c1ccc(C(C)(C)C)cc1. The Bertz CT molecular complexity index is 1350. The van der Waals surface area contributed by atoms with E-state index in [2.05, 4.69) is 60.7 Å². The number of alkyl halides is 3. The van der Waals surface area contributed by atoms with E-state index in [-0.39, 0.29) is 41.1 Å². The highest BCUT2D eigenvalue weighted by atomic mass is 19.4. The van der Waals surface area contributed by atoms with E-state index in [9.17, 15) is 22.8 Å². The number of likely N-dealkylation sites (N-methyl/N-ethyl adjacent to an activating group) is 1. The van der Waals surface area contributed by atoms with Crippen LogP contribution >= 0.6 is 0 Å². The number of halogens is 3. The number of Topliss-reactive ketones (excluding diaryl/α,β-unsaturated/α-hetero) is 2. The van der Waals surface area contributed by atoms with Crippen molar-refractivity contribution in [3.05, 3.63) is 101 Å².